The van der Waals surface area contributed by atoms with Gasteiger partial charge >= 0.3 is 12.2 Å². The van der Waals surface area contributed by atoms with E-state index in [1.165, 1.54) is 12.1 Å². The predicted molar refractivity (Wildman–Crippen MR) is 118 cm³/mol. The summed E-state index contributed by atoms with van der Waals surface area (Å²) in [5.74, 6) is 1.27. The Balaban J connectivity index is 1.18. The maximum atomic E-state index is 12.7. The van der Waals surface area contributed by atoms with Crippen LogP contribution in [0.25, 0.3) is 0 Å². The zero-order chi connectivity index (χ0) is 23.4. The van der Waals surface area contributed by atoms with E-state index < -0.39 is 11.7 Å². The van der Waals surface area contributed by atoms with E-state index in [-0.39, 0.29) is 11.9 Å². The minimum absolute atomic E-state index is 0.0375. The van der Waals surface area contributed by atoms with E-state index in [9.17, 15) is 22.8 Å². The third-order valence-corrected chi connectivity index (χ3v) is 6.13. The number of amides is 3. The van der Waals surface area contributed by atoms with Gasteiger partial charge in [-0.05, 0) is 79.6 Å². The Morgan fingerprint density at radius 3 is 2.52 bits per heavy atom. The molecule has 0 bridgehead atoms. The van der Waals surface area contributed by atoms with Crippen molar-refractivity contribution in [3.8, 4) is 5.75 Å². The number of carbonyl (C=O) groups excluding carboxylic acids is 2. The summed E-state index contributed by atoms with van der Waals surface area (Å²) in [6, 6.07) is 9.85. The monoisotopic (exact) mass is 461 g/mol. The van der Waals surface area contributed by atoms with E-state index in [0.29, 0.717) is 44.1 Å². The number of aryl methyl sites for hydroxylation is 1. The van der Waals surface area contributed by atoms with Crippen LogP contribution in [0.4, 0.5) is 29.3 Å². The first-order valence-electron chi connectivity index (χ1n) is 11.1. The van der Waals surface area contributed by atoms with Crippen LogP contribution in [0.15, 0.2) is 42.5 Å². The molecule has 0 saturated carbocycles. The average Bonchev–Trinajstić information content (AvgIpc) is 2.79. The molecule has 2 heterocycles. The molecule has 0 atom stereocenters. The number of halogens is 3. The van der Waals surface area contributed by atoms with Gasteiger partial charge in [-0.3, -0.25) is 4.79 Å². The molecule has 2 aliphatic heterocycles. The quantitative estimate of drug-likeness (QED) is 0.635. The van der Waals surface area contributed by atoms with Crippen molar-refractivity contribution in [3.05, 3.63) is 53.6 Å². The van der Waals surface area contributed by atoms with Gasteiger partial charge < -0.3 is 20.3 Å². The molecule has 6 nitrogen and oxygen atoms in total. The van der Waals surface area contributed by atoms with E-state index in [0.717, 1.165) is 48.4 Å². The van der Waals surface area contributed by atoms with Crippen LogP contribution in [0.3, 0.4) is 0 Å². The molecule has 2 aromatic rings. The van der Waals surface area contributed by atoms with E-state index in [2.05, 4.69) is 10.6 Å². The third kappa shape index (κ3) is 5.97. The highest BCUT2D eigenvalue weighted by Gasteiger charge is 2.30. The first-order chi connectivity index (χ1) is 15.8. The van der Waals surface area contributed by atoms with Crippen molar-refractivity contribution in [1.82, 2.24) is 4.90 Å². The molecule has 3 amide bonds. The van der Waals surface area contributed by atoms with Crippen molar-refractivity contribution in [1.29, 1.82) is 0 Å². The zero-order valence-electron chi connectivity index (χ0n) is 18.1. The Morgan fingerprint density at radius 2 is 1.82 bits per heavy atom. The van der Waals surface area contributed by atoms with E-state index in [1.54, 1.807) is 4.90 Å². The van der Waals surface area contributed by atoms with Gasteiger partial charge in [0.1, 0.15) is 5.75 Å². The van der Waals surface area contributed by atoms with Gasteiger partial charge in [0, 0.05) is 30.9 Å². The summed E-state index contributed by atoms with van der Waals surface area (Å²) in [6.45, 7) is 1.76. The molecule has 9 heteroatoms. The fourth-order valence-corrected chi connectivity index (χ4v) is 4.16. The number of nitrogens with zero attached hydrogens (tertiary/aromatic N) is 1. The van der Waals surface area contributed by atoms with E-state index in [1.807, 2.05) is 18.2 Å². The number of nitrogens with one attached hydrogen (secondary N) is 2. The molecular formula is C24H26F3N3O3. The van der Waals surface area contributed by atoms with Crippen molar-refractivity contribution >= 4 is 23.3 Å². The first-order valence-corrected chi connectivity index (χ1v) is 11.1. The second-order valence-corrected chi connectivity index (χ2v) is 8.44. The number of anilines is 2. The minimum atomic E-state index is -4.40. The van der Waals surface area contributed by atoms with Crippen LogP contribution in [-0.2, 0) is 17.4 Å². The second kappa shape index (κ2) is 9.72. The zero-order valence-corrected chi connectivity index (χ0v) is 18.1. The maximum absolute atomic E-state index is 12.7. The molecule has 0 aromatic heterocycles. The van der Waals surface area contributed by atoms with E-state index in [4.69, 9.17) is 4.74 Å². The van der Waals surface area contributed by atoms with Crippen molar-refractivity contribution in [2.45, 2.75) is 38.3 Å². The number of fused-ring (bicyclic) bond motifs is 1. The maximum Gasteiger partial charge on any atom is 0.416 e. The predicted octanol–water partition coefficient (Wildman–Crippen LogP) is 5.30. The van der Waals surface area contributed by atoms with Gasteiger partial charge in [0.15, 0.2) is 0 Å². The Labute approximate surface area is 190 Å². The summed E-state index contributed by atoms with van der Waals surface area (Å²) in [6.07, 6.45) is -0.624. The van der Waals surface area contributed by atoms with Crippen LogP contribution in [0.5, 0.6) is 5.75 Å². The van der Waals surface area contributed by atoms with Gasteiger partial charge in [0.2, 0.25) is 5.91 Å². The summed E-state index contributed by atoms with van der Waals surface area (Å²) in [5, 5.41) is 5.52. The number of carbonyl (C=O) groups is 2. The van der Waals surface area contributed by atoms with Crippen LogP contribution in [-0.4, -0.2) is 36.5 Å². The fraction of sp³-hybridized carbons (Fsp3) is 0.417. The lowest BCUT2D eigenvalue weighted by Gasteiger charge is -2.32. The van der Waals surface area contributed by atoms with Crippen molar-refractivity contribution in [2.24, 2.45) is 5.92 Å². The number of rotatable bonds is 5. The van der Waals surface area contributed by atoms with E-state index >= 15 is 0 Å². The Morgan fingerprint density at radius 1 is 1.09 bits per heavy atom. The summed E-state index contributed by atoms with van der Waals surface area (Å²) < 4.78 is 43.9. The number of hydrogen-bond acceptors (Lipinski definition) is 3. The lowest BCUT2D eigenvalue weighted by molar-refractivity contribution is -0.137. The topological polar surface area (TPSA) is 70.7 Å². The SMILES string of the molecule is O=C1CCc2cc(OCCC3CCN(C(=O)Nc4ccc(C(F)(F)F)cc4)CC3)ccc2N1. The highest BCUT2D eigenvalue weighted by Crippen LogP contribution is 2.30. The molecule has 0 aliphatic carbocycles. The van der Waals surface area contributed by atoms with Crippen LogP contribution in [0.1, 0.15) is 36.8 Å². The minimum Gasteiger partial charge on any atom is -0.494 e. The Kier molecular flexibility index (Phi) is 6.76. The molecule has 0 radical (unpaired) electrons. The summed E-state index contributed by atoms with van der Waals surface area (Å²) >= 11 is 0. The van der Waals surface area contributed by atoms with Gasteiger partial charge in [-0.15, -0.1) is 0 Å². The highest BCUT2D eigenvalue weighted by atomic mass is 19.4. The molecule has 2 aromatic carbocycles. The molecule has 4 rings (SSSR count). The van der Waals surface area contributed by atoms with Crippen molar-refractivity contribution in [2.75, 3.05) is 30.3 Å². The lowest BCUT2D eigenvalue weighted by Crippen LogP contribution is -2.41. The lowest BCUT2D eigenvalue weighted by atomic mass is 9.94. The van der Waals surface area contributed by atoms with Crippen molar-refractivity contribution in [3.63, 3.8) is 0 Å². The van der Waals surface area contributed by atoms with Crippen LogP contribution >= 0.6 is 0 Å². The average molecular weight is 461 g/mol. The number of hydrogen-bond donors (Lipinski definition) is 2. The van der Waals surface area contributed by atoms with Gasteiger partial charge in [0.05, 0.1) is 12.2 Å². The Bertz CT molecular complexity index is 1000. The highest BCUT2D eigenvalue weighted by molar-refractivity contribution is 5.94. The molecule has 2 aliphatic rings. The standard InChI is InChI=1S/C24H26F3N3O3/c25-24(26,27)18-2-4-19(5-3-18)28-23(32)30-12-9-16(10-13-30)11-14-33-20-6-7-21-17(15-20)1-8-22(31)29-21/h2-7,15-16H,1,8-14H2,(H,28,32)(H,29,31). The van der Waals surface area contributed by atoms with Gasteiger partial charge in [-0.1, -0.05) is 0 Å². The third-order valence-electron chi connectivity index (χ3n) is 6.13. The van der Waals surface area contributed by atoms with Crippen LogP contribution in [0, 0.1) is 5.92 Å². The second-order valence-electron chi connectivity index (χ2n) is 8.44. The van der Waals surface area contributed by atoms with Crippen molar-refractivity contribution < 1.29 is 27.5 Å². The first kappa shape index (κ1) is 22.9. The summed E-state index contributed by atoms with van der Waals surface area (Å²) in [7, 11) is 0. The largest absolute Gasteiger partial charge is 0.494 e. The normalized spacial score (nSPS) is 16.7. The van der Waals surface area contributed by atoms with Gasteiger partial charge in [0.25, 0.3) is 0 Å². The smallest absolute Gasteiger partial charge is 0.416 e. The summed E-state index contributed by atoms with van der Waals surface area (Å²) in [5.41, 5.74) is 1.53. The molecular weight excluding hydrogens is 435 g/mol. The summed E-state index contributed by atoms with van der Waals surface area (Å²) in [4.78, 5) is 25.6. The molecule has 33 heavy (non-hydrogen) atoms. The number of urea groups is 1. The molecule has 1 fully saturated rings. The number of likely N-dealkylation sites (tertiary alicyclic amines) is 1. The number of piperidine rings is 1. The number of alkyl halides is 3. The number of ether oxygens (including phenoxy) is 1. The molecule has 176 valence electrons. The van der Waals surface area contributed by atoms with Crippen LogP contribution < -0.4 is 15.4 Å². The van der Waals surface area contributed by atoms with Crippen LogP contribution in [0.2, 0.25) is 0 Å². The fourth-order valence-electron chi connectivity index (χ4n) is 4.16. The van der Waals surface area contributed by atoms with Gasteiger partial charge in [-0.25, -0.2) is 4.79 Å². The molecule has 0 unspecified atom stereocenters. The Hall–Kier alpha value is -3.23. The van der Waals surface area contributed by atoms with Gasteiger partial charge in [-0.2, -0.15) is 13.2 Å². The number of benzene rings is 2. The molecule has 0 spiro atoms. The molecule has 1 saturated heterocycles. The molecule has 2 N–H and O–H groups in total.